The molecular weight excluding hydrogens is 351 g/mol. The van der Waals surface area contributed by atoms with E-state index in [4.69, 9.17) is 11.5 Å². The monoisotopic (exact) mass is 369 g/mol. The molecular formula is C16H18F3N5O2. The summed E-state index contributed by atoms with van der Waals surface area (Å²) in [5.74, 6) is -0.861. The number of nitrogens with two attached hydrogens (primary N) is 2. The Kier molecular flexibility index (Phi) is 5.24. The van der Waals surface area contributed by atoms with Gasteiger partial charge in [-0.2, -0.15) is 13.2 Å². The number of alkyl halides is 3. The largest absolute Gasteiger partial charge is 0.416 e. The molecule has 0 saturated carbocycles. The maximum Gasteiger partial charge on any atom is 0.416 e. The van der Waals surface area contributed by atoms with E-state index in [-0.39, 0.29) is 28.8 Å². The second-order valence-electron chi connectivity index (χ2n) is 5.99. The Hall–Kier alpha value is -3.04. The highest BCUT2D eigenvalue weighted by molar-refractivity contribution is 5.75. The lowest BCUT2D eigenvalue weighted by molar-refractivity contribution is -0.137. The lowest BCUT2D eigenvalue weighted by Crippen LogP contribution is -2.32. The standard InChI is InChI=1S/C16H18F3N5O2/c1-8(2)23-14-15(26)24(7-13(21)25)12(6-22-14)9-3-10(16(17,18)19)5-11(20)4-9/h3-6,8H,7,20H2,1-2H3,(H2,21,25)(H,22,23). The van der Waals surface area contributed by atoms with Gasteiger partial charge in [0.25, 0.3) is 5.56 Å². The van der Waals surface area contributed by atoms with Crippen LogP contribution in [0.5, 0.6) is 0 Å². The number of carbonyl (C=O) groups is 1. The highest BCUT2D eigenvalue weighted by atomic mass is 19.4. The Balaban J connectivity index is 2.69. The second-order valence-corrected chi connectivity index (χ2v) is 5.99. The molecule has 0 atom stereocenters. The molecule has 0 unspecified atom stereocenters. The molecule has 0 aliphatic rings. The third-order valence-corrected chi connectivity index (χ3v) is 3.37. The molecule has 2 aromatic rings. The molecule has 1 heterocycles. The van der Waals surface area contributed by atoms with E-state index in [9.17, 15) is 22.8 Å². The fourth-order valence-corrected chi connectivity index (χ4v) is 2.37. The van der Waals surface area contributed by atoms with Crippen LogP contribution >= 0.6 is 0 Å². The number of hydrogen-bond donors (Lipinski definition) is 3. The summed E-state index contributed by atoms with van der Waals surface area (Å²) in [7, 11) is 0. The SMILES string of the molecule is CC(C)Nc1ncc(-c2cc(N)cc(C(F)(F)F)c2)n(CC(N)=O)c1=O. The van der Waals surface area contributed by atoms with Crippen molar-refractivity contribution in [3.63, 3.8) is 0 Å². The van der Waals surface area contributed by atoms with Crippen molar-refractivity contribution in [2.75, 3.05) is 11.1 Å². The number of nitrogens with zero attached hydrogens (tertiary/aromatic N) is 2. The van der Waals surface area contributed by atoms with Gasteiger partial charge >= 0.3 is 6.18 Å². The van der Waals surface area contributed by atoms with E-state index in [1.807, 2.05) is 0 Å². The lowest BCUT2D eigenvalue weighted by atomic mass is 10.1. The van der Waals surface area contributed by atoms with Crippen molar-refractivity contribution in [1.29, 1.82) is 0 Å². The third-order valence-electron chi connectivity index (χ3n) is 3.37. The van der Waals surface area contributed by atoms with E-state index >= 15 is 0 Å². The predicted molar refractivity (Wildman–Crippen MR) is 91.3 cm³/mol. The average Bonchev–Trinajstić information content (AvgIpc) is 2.49. The summed E-state index contributed by atoms with van der Waals surface area (Å²) >= 11 is 0. The molecule has 1 aromatic heterocycles. The van der Waals surface area contributed by atoms with E-state index in [1.54, 1.807) is 13.8 Å². The Morgan fingerprint density at radius 3 is 2.50 bits per heavy atom. The van der Waals surface area contributed by atoms with E-state index < -0.39 is 29.8 Å². The number of benzene rings is 1. The van der Waals surface area contributed by atoms with Crippen LogP contribution in [0.2, 0.25) is 0 Å². The molecule has 1 amide bonds. The number of halogens is 3. The van der Waals surface area contributed by atoms with E-state index in [2.05, 4.69) is 10.3 Å². The Labute approximate surface area is 146 Å². The van der Waals surface area contributed by atoms with E-state index in [1.165, 1.54) is 12.3 Å². The summed E-state index contributed by atoms with van der Waals surface area (Å²) < 4.78 is 40.1. The van der Waals surface area contributed by atoms with Crippen molar-refractivity contribution >= 4 is 17.4 Å². The molecule has 140 valence electrons. The zero-order valence-electron chi connectivity index (χ0n) is 14.1. The smallest absolute Gasteiger partial charge is 0.399 e. The van der Waals surface area contributed by atoms with Crippen LogP contribution in [0.1, 0.15) is 19.4 Å². The van der Waals surface area contributed by atoms with Crippen molar-refractivity contribution in [1.82, 2.24) is 9.55 Å². The summed E-state index contributed by atoms with van der Waals surface area (Å²) in [4.78, 5) is 27.9. The minimum absolute atomic E-state index is 0.000674. The predicted octanol–water partition coefficient (Wildman–Crippen LogP) is 1.82. The van der Waals surface area contributed by atoms with Crippen LogP contribution in [0.15, 0.2) is 29.2 Å². The molecule has 2 rings (SSSR count). The van der Waals surface area contributed by atoms with Gasteiger partial charge in [-0.3, -0.25) is 14.2 Å². The molecule has 0 bridgehead atoms. The minimum Gasteiger partial charge on any atom is -0.399 e. The van der Waals surface area contributed by atoms with Gasteiger partial charge in [-0.25, -0.2) is 4.98 Å². The summed E-state index contributed by atoms with van der Waals surface area (Å²) in [6.45, 7) is 3.04. The molecule has 0 radical (unpaired) electrons. The second kappa shape index (κ2) is 7.06. The van der Waals surface area contributed by atoms with Crippen LogP contribution in [0.25, 0.3) is 11.3 Å². The fourth-order valence-electron chi connectivity index (χ4n) is 2.37. The first kappa shape index (κ1) is 19.3. The van der Waals surface area contributed by atoms with Crippen molar-refractivity contribution in [2.24, 2.45) is 5.73 Å². The number of primary amides is 1. The van der Waals surface area contributed by atoms with Gasteiger partial charge in [0.2, 0.25) is 5.91 Å². The van der Waals surface area contributed by atoms with Gasteiger partial charge in [0.1, 0.15) is 6.54 Å². The van der Waals surface area contributed by atoms with Crippen molar-refractivity contribution in [3.05, 3.63) is 40.3 Å². The van der Waals surface area contributed by atoms with Crippen molar-refractivity contribution < 1.29 is 18.0 Å². The van der Waals surface area contributed by atoms with Crippen LogP contribution in [0.3, 0.4) is 0 Å². The quantitative estimate of drug-likeness (QED) is 0.695. The molecule has 5 N–H and O–H groups in total. The van der Waals surface area contributed by atoms with Gasteiger partial charge in [-0.1, -0.05) is 0 Å². The number of hydrogen-bond acceptors (Lipinski definition) is 5. The first-order chi connectivity index (χ1) is 12.0. The number of aromatic nitrogens is 2. The number of anilines is 2. The van der Waals surface area contributed by atoms with E-state index in [0.717, 1.165) is 16.7 Å². The van der Waals surface area contributed by atoms with Gasteiger partial charge in [0, 0.05) is 17.3 Å². The van der Waals surface area contributed by atoms with Crippen LogP contribution < -0.4 is 22.3 Å². The Morgan fingerprint density at radius 2 is 1.96 bits per heavy atom. The zero-order valence-corrected chi connectivity index (χ0v) is 14.1. The fraction of sp³-hybridized carbons (Fsp3) is 0.312. The molecule has 0 aliphatic heterocycles. The van der Waals surface area contributed by atoms with Crippen LogP contribution in [-0.2, 0) is 17.5 Å². The molecule has 0 spiro atoms. The number of nitrogen functional groups attached to an aromatic ring is 1. The number of rotatable bonds is 5. The van der Waals surface area contributed by atoms with Gasteiger partial charge in [-0.05, 0) is 32.0 Å². The van der Waals surface area contributed by atoms with Crippen molar-refractivity contribution in [3.8, 4) is 11.3 Å². The summed E-state index contributed by atoms with van der Waals surface area (Å²) in [6, 6.07) is 2.76. The maximum absolute atomic E-state index is 13.0. The first-order valence-corrected chi connectivity index (χ1v) is 7.62. The number of carbonyl (C=O) groups excluding carboxylic acids is 1. The molecule has 0 saturated heterocycles. The number of nitrogens with one attached hydrogen (secondary N) is 1. The maximum atomic E-state index is 13.0. The van der Waals surface area contributed by atoms with Gasteiger partial charge in [0.05, 0.1) is 17.5 Å². The minimum atomic E-state index is -4.62. The van der Waals surface area contributed by atoms with Crippen LogP contribution in [-0.4, -0.2) is 21.5 Å². The Morgan fingerprint density at radius 1 is 1.31 bits per heavy atom. The van der Waals surface area contributed by atoms with Crippen LogP contribution in [0.4, 0.5) is 24.7 Å². The number of amides is 1. The topological polar surface area (TPSA) is 116 Å². The van der Waals surface area contributed by atoms with Crippen LogP contribution in [0, 0.1) is 0 Å². The molecule has 7 nitrogen and oxygen atoms in total. The highest BCUT2D eigenvalue weighted by Gasteiger charge is 2.31. The normalized spacial score (nSPS) is 11.6. The third kappa shape index (κ3) is 4.32. The summed E-state index contributed by atoms with van der Waals surface area (Å²) in [5.41, 5.74) is 8.95. The Bertz CT molecular complexity index is 890. The lowest BCUT2D eigenvalue weighted by Gasteiger charge is -2.16. The van der Waals surface area contributed by atoms with Crippen molar-refractivity contribution in [2.45, 2.75) is 32.6 Å². The zero-order chi connectivity index (χ0) is 19.6. The first-order valence-electron chi connectivity index (χ1n) is 7.62. The summed E-state index contributed by atoms with van der Waals surface area (Å²) in [6.07, 6.45) is -3.42. The molecule has 26 heavy (non-hydrogen) atoms. The van der Waals surface area contributed by atoms with Gasteiger partial charge < -0.3 is 16.8 Å². The molecule has 0 fully saturated rings. The highest BCUT2D eigenvalue weighted by Crippen LogP contribution is 2.34. The molecule has 1 aromatic carbocycles. The summed E-state index contributed by atoms with van der Waals surface area (Å²) in [5, 5.41) is 2.81. The van der Waals surface area contributed by atoms with Gasteiger partial charge in [0.15, 0.2) is 5.82 Å². The van der Waals surface area contributed by atoms with Gasteiger partial charge in [-0.15, -0.1) is 0 Å². The average molecular weight is 369 g/mol. The van der Waals surface area contributed by atoms with E-state index in [0.29, 0.717) is 0 Å². The molecule has 10 heteroatoms. The molecule has 0 aliphatic carbocycles.